The van der Waals surface area contributed by atoms with Crippen LogP contribution in [0.5, 0.6) is 0 Å². The molecule has 1 aliphatic heterocycles. The van der Waals surface area contributed by atoms with Crippen LogP contribution >= 0.6 is 0 Å². The van der Waals surface area contributed by atoms with Gasteiger partial charge in [0.1, 0.15) is 0 Å². The minimum atomic E-state index is 0.0275. The molecule has 4 nitrogen and oxygen atoms in total. The standard InChI is InChI=1S/C15H22N2O2/c18-15(17-10-13-6-2-1-3-7-13)12-16-11-14-8-4-5-9-19-14/h1-3,6-7,14,16H,4-5,8-12H2,(H,17,18). The van der Waals surface area contributed by atoms with Gasteiger partial charge in [0.2, 0.25) is 5.91 Å². The van der Waals surface area contributed by atoms with Crippen molar-refractivity contribution in [3.05, 3.63) is 35.9 Å². The van der Waals surface area contributed by atoms with Gasteiger partial charge >= 0.3 is 0 Å². The molecule has 1 aliphatic rings. The van der Waals surface area contributed by atoms with E-state index < -0.39 is 0 Å². The lowest BCUT2D eigenvalue weighted by Gasteiger charge is -2.22. The number of rotatable bonds is 6. The van der Waals surface area contributed by atoms with E-state index in [1.54, 1.807) is 0 Å². The predicted molar refractivity (Wildman–Crippen MR) is 74.7 cm³/mol. The lowest BCUT2D eigenvalue weighted by atomic mass is 10.1. The van der Waals surface area contributed by atoms with Gasteiger partial charge < -0.3 is 15.4 Å². The van der Waals surface area contributed by atoms with Crippen LogP contribution in [0.25, 0.3) is 0 Å². The zero-order valence-corrected chi connectivity index (χ0v) is 11.2. The molecule has 0 bridgehead atoms. The number of carbonyl (C=O) groups is 1. The van der Waals surface area contributed by atoms with E-state index in [0.29, 0.717) is 13.1 Å². The summed E-state index contributed by atoms with van der Waals surface area (Å²) in [5, 5.41) is 6.05. The van der Waals surface area contributed by atoms with Crippen molar-refractivity contribution in [1.82, 2.24) is 10.6 Å². The lowest BCUT2D eigenvalue weighted by molar-refractivity contribution is -0.120. The molecule has 0 radical (unpaired) electrons. The fourth-order valence-corrected chi connectivity index (χ4v) is 2.17. The third kappa shape index (κ3) is 5.41. The first-order chi connectivity index (χ1) is 9.34. The summed E-state index contributed by atoms with van der Waals surface area (Å²) in [6.07, 6.45) is 3.76. The van der Waals surface area contributed by atoms with Gasteiger partial charge in [0.15, 0.2) is 0 Å². The van der Waals surface area contributed by atoms with E-state index in [2.05, 4.69) is 10.6 Å². The summed E-state index contributed by atoms with van der Waals surface area (Å²) < 4.78 is 5.59. The van der Waals surface area contributed by atoms with E-state index in [1.165, 1.54) is 6.42 Å². The third-order valence-corrected chi connectivity index (χ3v) is 3.26. The van der Waals surface area contributed by atoms with Crippen molar-refractivity contribution in [2.75, 3.05) is 19.7 Å². The Hall–Kier alpha value is -1.39. The Kier molecular flexibility index (Phi) is 5.85. The van der Waals surface area contributed by atoms with E-state index in [1.807, 2.05) is 30.3 Å². The number of hydrogen-bond acceptors (Lipinski definition) is 3. The molecule has 1 aromatic carbocycles. The van der Waals surface area contributed by atoms with Crippen LogP contribution in [0.15, 0.2) is 30.3 Å². The Morgan fingerprint density at radius 2 is 2.11 bits per heavy atom. The molecule has 1 amide bonds. The summed E-state index contributed by atoms with van der Waals surface area (Å²) in [7, 11) is 0. The average Bonchev–Trinajstić information content (AvgIpc) is 2.47. The Labute approximate surface area is 114 Å². The number of benzene rings is 1. The molecule has 0 aromatic heterocycles. The van der Waals surface area contributed by atoms with Gasteiger partial charge in [-0.2, -0.15) is 0 Å². The second-order valence-electron chi connectivity index (χ2n) is 4.88. The van der Waals surface area contributed by atoms with Crippen molar-refractivity contribution in [2.24, 2.45) is 0 Å². The highest BCUT2D eigenvalue weighted by Gasteiger charge is 2.13. The van der Waals surface area contributed by atoms with Gasteiger partial charge in [-0.3, -0.25) is 4.79 Å². The molecule has 2 rings (SSSR count). The van der Waals surface area contributed by atoms with Crippen LogP contribution in [-0.2, 0) is 16.1 Å². The largest absolute Gasteiger partial charge is 0.377 e. The van der Waals surface area contributed by atoms with Crippen LogP contribution in [0.3, 0.4) is 0 Å². The summed E-state index contributed by atoms with van der Waals surface area (Å²) in [6, 6.07) is 9.92. The maximum atomic E-state index is 11.6. The highest BCUT2D eigenvalue weighted by molar-refractivity contribution is 5.77. The number of carbonyl (C=O) groups excluding carboxylic acids is 1. The molecule has 1 heterocycles. The van der Waals surface area contributed by atoms with Crippen LogP contribution in [0.2, 0.25) is 0 Å². The number of amides is 1. The fraction of sp³-hybridized carbons (Fsp3) is 0.533. The molecule has 1 fully saturated rings. The van der Waals surface area contributed by atoms with E-state index in [9.17, 15) is 4.79 Å². The van der Waals surface area contributed by atoms with Crippen molar-refractivity contribution in [2.45, 2.75) is 31.9 Å². The first-order valence-corrected chi connectivity index (χ1v) is 6.97. The van der Waals surface area contributed by atoms with Crippen LogP contribution in [0.1, 0.15) is 24.8 Å². The zero-order valence-electron chi connectivity index (χ0n) is 11.2. The van der Waals surface area contributed by atoms with Crippen molar-refractivity contribution in [3.63, 3.8) is 0 Å². The molecule has 1 aromatic rings. The van der Waals surface area contributed by atoms with Gasteiger partial charge in [0, 0.05) is 19.7 Å². The molecule has 0 spiro atoms. The fourth-order valence-electron chi connectivity index (χ4n) is 2.17. The Morgan fingerprint density at radius 1 is 1.26 bits per heavy atom. The second kappa shape index (κ2) is 7.92. The molecule has 2 N–H and O–H groups in total. The van der Waals surface area contributed by atoms with Crippen molar-refractivity contribution < 1.29 is 9.53 Å². The molecule has 104 valence electrons. The molecule has 19 heavy (non-hydrogen) atoms. The van der Waals surface area contributed by atoms with Gasteiger partial charge in [-0.05, 0) is 24.8 Å². The van der Waals surface area contributed by atoms with Crippen LogP contribution in [0, 0.1) is 0 Å². The number of hydrogen-bond donors (Lipinski definition) is 2. The second-order valence-corrected chi connectivity index (χ2v) is 4.88. The zero-order chi connectivity index (χ0) is 13.3. The quantitative estimate of drug-likeness (QED) is 0.816. The summed E-state index contributed by atoms with van der Waals surface area (Å²) in [5.74, 6) is 0.0275. The van der Waals surface area contributed by atoms with E-state index in [0.717, 1.165) is 31.6 Å². The molecule has 0 aliphatic carbocycles. The average molecular weight is 262 g/mol. The molecular formula is C15H22N2O2. The summed E-state index contributed by atoms with van der Waals surface area (Å²) in [5.41, 5.74) is 1.12. The Morgan fingerprint density at radius 3 is 2.84 bits per heavy atom. The van der Waals surface area contributed by atoms with Gasteiger partial charge in [-0.25, -0.2) is 0 Å². The Bertz CT molecular complexity index is 375. The van der Waals surface area contributed by atoms with Crippen LogP contribution in [-0.4, -0.2) is 31.7 Å². The number of nitrogens with one attached hydrogen (secondary N) is 2. The monoisotopic (exact) mass is 262 g/mol. The molecule has 1 saturated heterocycles. The topological polar surface area (TPSA) is 50.4 Å². The SMILES string of the molecule is O=C(CNCC1CCCCO1)NCc1ccccc1. The summed E-state index contributed by atoms with van der Waals surface area (Å²) in [4.78, 5) is 11.6. The van der Waals surface area contributed by atoms with E-state index in [4.69, 9.17) is 4.74 Å². The van der Waals surface area contributed by atoms with Crippen LogP contribution < -0.4 is 10.6 Å². The molecule has 1 atom stereocenters. The first-order valence-electron chi connectivity index (χ1n) is 6.97. The maximum Gasteiger partial charge on any atom is 0.234 e. The molecule has 4 heteroatoms. The summed E-state index contributed by atoms with van der Waals surface area (Å²) >= 11 is 0. The highest BCUT2D eigenvalue weighted by Crippen LogP contribution is 2.11. The highest BCUT2D eigenvalue weighted by atomic mass is 16.5. The van der Waals surface area contributed by atoms with Gasteiger partial charge in [0.05, 0.1) is 12.6 Å². The number of ether oxygens (including phenoxy) is 1. The van der Waals surface area contributed by atoms with Gasteiger partial charge in [0.25, 0.3) is 0 Å². The third-order valence-electron chi connectivity index (χ3n) is 3.26. The van der Waals surface area contributed by atoms with Crippen molar-refractivity contribution >= 4 is 5.91 Å². The summed E-state index contributed by atoms with van der Waals surface area (Å²) in [6.45, 7) is 2.55. The lowest BCUT2D eigenvalue weighted by Crippen LogP contribution is -2.38. The Balaban J connectivity index is 1.57. The minimum absolute atomic E-state index is 0.0275. The predicted octanol–water partition coefficient (Wildman–Crippen LogP) is 1.46. The molecule has 0 saturated carbocycles. The normalized spacial score (nSPS) is 19.1. The van der Waals surface area contributed by atoms with Crippen molar-refractivity contribution in [1.29, 1.82) is 0 Å². The van der Waals surface area contributed by atoms with E-state index in [-0.39, 0.29) is 12.0 Å². The van der Waals surface area contributed by atoms with Gasteiger partial charge in [-0.1, -0.05) is 30.3 Å². The van der Waals surface area contributed by atoms with Gasteiger partial charge in [-0.15, -0.1) is 0 Å². The molecular weight excluding hydrogens is 240 g/mol. The van der Waals surface area contributed by atoms with Crippen LogP contribution in [0.4, 0.5) is 0 Å². The van der Waals surface area contributed by atoms with Crippen molar-refractivity contribution in [3.8, 4) is 0 Å². The first kappa shape index (κ1) is 14.0. The molecule has 1 unspecified atom stereocenters. The minimum Gasteiger partial charge on any atom is -0.377 e. The van der Waals surface area contributed by atoms with E-state index >= 15 is 0 Å². The maximum absolute atomic E-state index is 11.6. The smallest absolute Gasteiger partial charge is 0.234 e.